The zero-order valence-corrected chi connectivity index (χ0v) is 15.3. The molecule has 0 bridgehead atoms. The summed E-state index contributed by atoms with van der Waals surface area (Å²) in [6.45, 7) is 1.88. The highest BCUT2D eigenvalue weighted by Crippen LogP contribution is 2.15. The minimum absolute atomic E-state index is 0.213. The largest absolute Gasteiger partial charge is 0.348 e. The van der Waals surface area contributed by atoms with Crippen molar-refractivity contribution in [3.63, 3.8) is 0 Å². The molecule has 28 heavy (non-hydrogen) atoms. The molecular formula is C19H19FN6O2. The molecule has 8 nitrogen and oxygen atoms in total. The summed E-state index contributed by atoms with van der Waals surface area (Å²) in [6, 6.07) is 8.96. The van der Waals surface area contributed by atoms with E-state index in [0.29, 0.717) is 48.8 Å². The molecule has 0 spiro atoms. The fourth-order valence-electron chi connectivity index (χ4n) is 3.21. The molecule has 0 aliphatic carbocycles. The third kappa shape index (κ3) is 3.38. The molecule has 144 valence electrons. The molecule has 3 heterocycles. The predicted octanol–water partition coefficient (Wildman–Crippen LogP) is 1.82. The number of aromatic nitrogens is 3. The molecule has 3 aromatic rings. The van der Waals surface area contributed by atoms with E-state index in [9.17, 15) is 14.0 Å². The first-order valence-corrected chi connectivity index (χ1v) is 8.91. The van der Waals surface area contributed by atoms with Gasteiger partial charge in [0, 0.05) is 45.1 Å². The number of urea groups is 1. The zero-order valence-electron chi connectivity index (χ0n) is 15.3. The van der Waals surface area contributed by atoms with E-state index in [1.165, 1.54) is 28.8 Å². The monoisotopic (exact) mass is 382 g/mol. The van der Waals surface area contributed by atoms with Crippen LogP contribution in [0.2, 0.25) is 0 Å². The molecule has 9 heteroatoms. The van der Waals surface area contributed by atoms with Crippen LogP contribution < -0.4 is 15.8 Å². The standard InChI is InChI=1S/C19H19FN6O2/c1-24-16-15(3-2-8-21-16)23-17(18(24)27)25-9-11-26(12-10-25)19(28)22-14-6-4-13(20)5-7-14/h2-8H,9-12H2,1H3,(H,22,28). The third-order valence-electron chi connectivity index (χ3n) is 4.77. The Hall–Kier alpha value is -3.49. The molecule has 1 aliphatic heterocycles. The average molecular weight is 382 g/mol. The summed E-state index contributed by atoms with van der Waals surface area (Å²) in [5.74, 6) is 0.00729. The lowest BCUT2D eigenvalue weighted by atomic mass is 10.3. The number of fused-ring (bicyclic) bond motifs is 1. The van der Waals surface area contributed by atoms with Crippen LogP contribution in [-0.4, -0.2) is 51.6 Å². The first-order valence-electron chi connectivity index (χ1n) is 8.91. The lowest BCUT2D eigenvalue weighted by molar-refractivity contribution is 0.208. The van der Waals surface area contributed by atoms with E-state index in [2.05, 4.69) is 15.3 Å². The van der Waals surface area contributed by atoms with Crippen LogP contribution in [0.15, 0.2) is 47.4 Å². The molecule has 0 saturated carbocycles. The van der Waals surface area contributed by atoms with Gasteiger partial charge in [-0.3, -0.25) is 9.36 Å². The van der Waals surface area contributed by atoms with Gasteiger partial charge >= 0.3 is 6.03 Å². The van der Waals surface area contributed by atoms with E-state index >= 15 is 0 Å². The molecule has 2 amide bonds. The maximum Gasteiger partial charge on any atom is 0.321 e. The first-order chi connectivity index (χ1) is 13.5. The van der Waals surface area contributed by atoms with Crippen LogP contribution in [0.1, 0.15) is 0 Å². The molecule has 1 N–H and O–H groups in total. The Morgan fingerprint density at radius 2 is 1.82 bits per heavy atom. The average Bonchev–Trinajstić information content (AvgIpc) is 2.72. The highest BCUT2D eigenvalue weighted by atomic mass is 19.1. The fraction of sp³-hybridized carbons (Fsp3) is 0.263. The number of rotatable bonds is 2. The van der Waals surface area contributed by atoms with Gasteiger partial charge in [0.2, 0.25) is 0 Å². The Balaban J connectivity index is 1.46. The predicted molar refractivity (Wildman–Crippen MR) is 104 cm³/mol. The quantitative estimate of drug-likeness (QED) is 0.731. The van der Waals surface area contributed by atoms with Gasteiger partial charge in [0.25, 0.3) is 5.56 Å². The number of benzene rings is 1. The lowest BCUT2D eigenvalue weighted by Crippen LogP contribution is -2.51. The summed E-state index contributed by atoms with van der Waals surface area (Å²) in [5.41, 5.74) is 1.51. The lowest BCUT2D eigenvalue weighted by Gasteiger charge is -2.35. The molecule has 0 unspecified atom stereocenters. The van der Waals surface area contributed by atoms with E-state index in [1.807, 2.05) is 11.0 Å². The van der Waals surface area contributed by atoms with Gasteiger partial charge in [-0.15, -0.1) is 0 Å². The molecule has 0 atom stereocenters. The Kier molecular flexibility index (Phi) is 4.64. The number of halogens is 1. The van der Waals surface area contributed by atoms with Crippen molar-refractivity contribution in [1.82, 2.24) is 19.4 Å². The number of hydrogen-bond donors (Lipinski definition) is 1. The van der Waals surface area contributed by atoms with Crippen LogP contribution in [0.25, 0.3) is 11.2 Å². The van der Waals surface area contributed by atoms with Crippen molar-refractivity contribution >= 4 is 28.7 Å². The van der Waals surface area contributed by atoms with Crippen molar-refractivity contribution in [2.45, 2.75) is 0 Å². The van der Waals surface area contributed by atoms with Gasteiger partial charge in [-0.2, -0.15) is 0 Å². The molecule has 4 rings (SSSR count). The topological polar surface area (TPSA) is 83.4 Å². The van der Waals surface area contributed by atoms with Crippen molar-refractivity contribution in [2.75, 3.05) is 36.4 Å². The van der Waals surface area contributed by atoms with Crippen LogP contribution in [0.5, 0.6) is 0 Å². The van der Waals surface area contributed by atoms with Gasteiger partial charge in [0.15, 0.2) is 11.5 Å². The molecule has 1 saturated heterocycles. The minimum atomic E-state index is -0.355. The van der Waals surface area contributed by atoms with Crippen molar-refractivity contribution in [2.24, 2.45) is 7.05 Å². The van der Waals surface area contributed by atoms with Crippen LogP contribution in [0.4, 0.5) is 20.7 Å². The number of piperazine rings is 1. The molecule has 1 aliphatic rings. The summed E-state index contributed by atoms with van der Waals surface area (Å²) in [5, 5.41) is 2.75. The van der Waals surface area contributed by atoms with Gasteiger partial charge in [0.05, 0.1) is 0 Å². The Bertz CT molecular complexity index is 1070. The maximum absolute atomic E-state index is 13.0. The molecule has 0 radical (unpaired) electrons. The minimum Gasteiger partial charge on any atom is -0.348 e. The first kappa shape index (κ1) is 17.9. The van der Waals surface area contributed by atoms with E-state index in [0.717, 1.165) is 0 Å². The van der Waals surface area contributed by atoms with Crippen LogP contribution in [0, 0.1) is 5.82 Å². The van der Waals surface area contributed by atoms with Gasteiger partial charge in [-0.05, 0) is 36.4 Å². The number of amides is 2. The Labute approximate surface area is 160 Å². The van der Waals surface area contributed by atoms with Gasteiger partial charge in [-0.25, -0.2) is 19.2 Å². The van der Waals surface area contributed by atoms with Crippen molar-refractivity contribution in [3.8, 4) is 0 Å². The third-order valence-corrected chi connectivity index (χ3v) is 4.77. The second-order valence-electron chi connectivity index (χ2n) is 6.56. The Morgan fingerprint density at radius 3 is 2.54 bits per heavy atom. The van der Waals surface area contributed by atoms with Crippen LogP contribution >= 0.6 is 0 Å². The summed E-state index contributed by atoms with van der Waals surface area (Å²) >= 11 is 0. The van der Waals surface area contributed by atoms with Crippen LogP contribution in [0.3, 0.4) is 0 Å². The van der Waals surface area contributed by atoms with E-state index < -0.39 is 0 Å². The number of nitrogens with one attached hydrogen (secondary N) is 1. The number of pyridine rings is 1. The molecule has 1 fully saturated rings. The van der Waals surface area contributed by atoms with Gasteiger partial charge < -0.3 is 15.1 Å². The summed E-state index contributed by atoms with van der Waals surface area (Å²) in [4.78, 5) is 37.3. The number of anilines is 2. The SMILES string of the molecule is Cn1c(=O)c(N2CCN(C(=O)Nc3ccc(F)cc3)CC2)nc2cccnc21. The summed E-state index contributed by atoms with van der Waals surface area (Å²) < 4.78 is 14.5. The summed E-state index contributed by atoms with van der Waals surface area (Å²) in [7, 11) is 1.68. The highest BCUT2D eigenvalue weighted by molar-refractivity contribution is 5.89. The number of nitrogens with zero attached hydrogens (tertiary/aromatic N) is 5. The Morgan fingerprint density at radius 1 is 1.11 bits per heavy atom. The second-order valence-corrected chi connectivity index (χ2v) is 6.56. The number of aryl methyl sites for hydroxylation is 1. The highest BCUT2D eigenvalue weighted by Gasteiger charge is 2.24. The second kappa shape index (κ2) is 7.26. The number of carbonyl (C=O) groups is 1. The molecule has 1 aromatic carbocycles. The van der Waals surface area contributed by atoms with Crippen molar-refractivity contribution < 1.29 is 9.18 Å². The maximum atomic E-state index is 13.0. The van der Waals surface area contributed by atoms with Gasteiger partial charge in [-0.1, -0.05) is 0 Å². The van der Waals surface area contributed by atoms with Crippen LogP contribution in [-0.2, 0) is 7.05 Å². The summed E-state index contributed by atoms with van der Waals surface area (Å²) in [6.07, 6.45) is 1.63. The van der Waals surface area contributed by atoms with Crippen molar-refractivity contribution in [1.29, 1.82) is 0 Å². The zero-order chi connectivity index (χ0) is 19.7. The number of hydrogen-bond acceptors (Lipinski definition) is 5. The normalized spacial score (nSPS) is 14.4. The van der Waals surface area contributed by atoms with E-state index in [1.54, 1.807) is 24.2 Å². The smallest absolute Gasteiger partial charge is 0.321 e. The number of carbonyl (C=O) groups excluding carboxylic acids is 1. The van der Waals surface area contributed by atoms with E-state index in [4.69, 9.17) is 0 Å². The van der Waals surface area contributed by atoms with E-state index in [-0.39, 0.29) is 17.4 Å². The molecular weight excluding hydrogens is 363 g/mol. The fourth-order valence-corrected chi connectivity index (χ4v) is 3.21. The molecule has 2 aromatic heterocycles. The van der Waals surface area contributed by atoms with Crippen molar-refractivity contribution in [3.05, 3.63) is 58.8 Å². The van der Waals surface area contributed by atoms with Gasteiger partial charge in [0.1, 0.15) is 11.3 Å².